The number of aromatic nitrogens is 3. The molecule has 0 spiro atoms. The van der Waals surface area contributed by atoms with Gasteiger partial charge >= 0.3 is 0 Å². The third-order valence-corrected chi connectivity index (χ3v) is 6.28. The van der Waals surface area contributed by atoms with Crippen LogP contribution in [0.25, 0.3) is 22.4 Å². The van der Waals surface area contributed by atoms with E-state index in [-0.39, 0.29) is 5.54 Å². The number of fused-ring (bicyclic) bond motifs is 1. The monoisotopic (exact) mass is 393 g/mol. The fraction of sp³-hybridized carbons (Fsp3) is 0.500. The van der Waals surface area contributed by atoms with E-state index < -0.39 is 0 Å². The number of benzene rings is 1. The van der Waals surface area contributed by atoms with Crippen LogP contribution in [0.4, 0.5) is 5.95 Å². The Labute approximate surface area is 170 Å². The first kappa shape index (κ1) is 18.5. The summed E-state index contributed by atoms with van der Waals surface area (Å²) in [7, 11) is 0. The summed E-state index contributed by atoms with van der Waals surface area (Å²) in [6, 6.07) is 9.96. The van der Waals surface area contributed by atoms with Gasteiger partial charge in [0.05, 0.1) is 19.4 Å². The SMILES string of the molecule is c1ccc2oc(-c3cnnc(NCC4(N5CCOCC5)CCCCC4)n3)cc2c1. The van der Waals surface area contributed by atoms with Gasteiger partial charge in [-0.2, -0.15) is 5.10 Å². The highest BCUT2D eigenvalue weighted by Gasteiger charge is 2.38. The van der Waals surface area contributed by atoms with E-state index in [1.54, 1.807) is 6.20 Å². The van der Waals surface area contributed by atoms with Gasteiger partial charge in [0, 0.05) is 30.6 Å². The van der Waals surface area contributed by atoms with Gasteiger partial charge in [0.2, 0.25) is 5.95 Å². The Balaban J connectivity index is 1.35. The van der Waals surface area contributed by atoms with Gasteiger partial charge in [0.15, 0.2) is 5.76 Å². The Morgan fingerprint density at radius 1 is 1.07 bits per heavy atom. The summed E-state index contributed by atoms with van der Waals surface area (Å²) in [5.74, 6) is 1.27. The number of nitrogens with one attached hydrogen (secondary N) is 1. The lowest BCUT2D eigenvalue weighted by molar-refractivity contribution is -0.0319. The minimum Gasteiger partial charge on any atom is -0.454 e. The molecule has 0 bridgehead atoms. The highest BCUT2D eigenvalue weighted by Crippen LogP contribution is 2.34. The van der Waals surface area contributed by atoms with Crippen LogP contribution in [0.2, 0.25) is 0 Å². The number of furan rings is 1. The van der Waals surface area contributed by atoms with Crippen LogP contribution in [-0.4, -0.2) is 58.5 Å². The maximum Gasteiger partial charge on any atom is 0.243 e. The van der Waals surface area contributed by atoms with E-state index in [0.29, 0.717) is 17.4 Å². The van der Waals surface area contributed by atoms with Crippen molar-refractivity contribution in [3.8, 4) is 11.5 Å². The quantitative estimate of drug-likeness (QED) is 0.708. The van der Waals surface area contributed by atoms with Crippen LogP contribution in [-0.2, 0) is 4.74 Å². The zero-order chi connectivity index (χ0) is 19.5. The minimum absolute atomic E-state index is 0.154. The molecular weight excluding hydrogens is 366 g/mol. The van der Waals surface area contributed by atoms with Crippen LogP contribution in [0.15, 0.2) is 40.9 Å². The Morgan fingerprint density at radius 3 is 2.72 bits per heavy atom. The van der Waals surface area contributed by atoms with Crippen molar-refractivity contribution in [1.82, 2.24) is 20.1 Å². The molecular formula is C22H27N5O2. The lowest BCUT2D eigenvalue weighted by atomic mass is 9.80. The second kappa shape index (κ2) is 8.08. The summed E-state index contributed by atoms with van der Waals surface area (Å²) in [5.41, 5.74) is 1.70. The van der Waals surface area contributed by atoms with Gasteiger partial charge in [-0.05, 0) is 25.0 Å². The molecule has 0 amide bonds. The standard InChI is InChI=1S/C22H27N5O2/c1-4-8-22(9-5-1,27-10-12-28-13-11-27)16-23-21-25-18(15-24-26-21)20-14-17-6-2-3-7-19(17)29-20/h2-3,6-7,14-15H,1,4-5,8-13,16H2,(H,23,25,26). The predicted molar refractivity (Wildman–Crippen MR) is 112 cm³/mol. The zero-order valence-electron chi connectivity index (χ0n) is 16.6. The molecule has 0 radical (unpaired) electrons. The van der Waals surface area contributed by atoms with Crippen molar-refractivity contribution in [2.24, 2.45) is 0 Å². The molecule has 1 aliphatic carbocycles. The van der Waals surface area contributed by atoms with E-state index in [4.69, 9.17) is 9.15 Å². The maximum absolute atomic E-state index is 5.94. The van der Waals surface area contributed by atoms with Gasteiger partial charge < -0.3 is 14.5 Å². The van der Waals surface area contributed by atoms with E-state index in [9.17, 15) is 0 Å². The summed E-state index contributed by atoms with van der Waals surface area (Å²) < 4.78 is 11.5. The average Bonchev–Trinajstić information content (AvgIpc) is 3.24. The van der Waals surface area contributed by atoms with Crippen LogP contribution >= 0.6 is 0 Å². The van der Waals surface area contributed by atoms with Gasteiger partial charge in [0.1, 0.15) is 11.3 Å². The molecule has 0 atom stereocenters. The molecule has 0 unspecified atom stereocenters. The molecule has 7 nitrogen and oxygen atoms in total. The van der Waals surface area contributed by atoms with Crippen molar-refractivity contribution < 1.29 is 9.15 Å². The Morgan fingerprint density at radius 2 is 1.90 bits per heavy atom. The van der Waals surface area contributed by atoms with Crippen molar-refractivity contribution >= 4 is 16.9 Å². The zero-order valence-corrected chi connectivity index (χ0v) is 16.6. The highest BCUT2D eigenvalue weighted by molar-refractivity contribution is 5.82. The molecule has 2 fully saturated rings. The van der Waals surface area contributed by atoms with E-state index in [1.807, 2.05) is 30.3 Å². The number of rotatable bonds is 5. The summed E-state index contributed by atoms with van der Waals surface area (Å²) >= 11 is 0. The normalized spacial score (nSPS) is 20.0. The number of nitrogens with zero attached hydrogens (tertiary/aromatic N) is 4. The van der Waals surface area contributed by atoms with E-state index in [0.717, 1.165) is 43.8 Å². The van der Waals surface area contributed by atoms with Gasteiger partial charge in [-0.25, -0.2) is 4.98 Å². The average molecular weight is 393 g/mol. The van der Waals surface area contributed by atoms with Crippen molar-refractivity contribution in [1.29, 1.82) is 0 Å². The fourth-order valence-electron chi connectivity index (χ4n) is 4.70. The Kier molecular flexibility index (Phi) is 5.16. The first-order valence-electron chi connectivity index (χ1n) is 10.6. The topological polar surface area (TPSA) is 76.3 Å². The first-order valence-corrected chi connectivity index (χ1v) is 10.6. The third kappa shape index (κ3) is 3.84. The molecule has 152 valence electrons. The molecule has 2 aliphatic rings. The number of ether oxygens (including phenoxy) is 1. The molecule has 1 saturated heterocycles. The largest absolute Gasteiger partial charge is 0.454 e. The second-order valence-electron chi connectivity index (χ2n) is 8.05. The second-order valence-corrected chi connectivity index (χ2v) is 8.05. The van der Waals surface area contributed by atoms with E-state index >= 15 is 0 Å². The summed E-state index contributed by atoms with van der Waals surface area (Å²) in [5, 5.41) is 12.9. The third-order valence-electron chi connectivity index (χ3n) is 6.28. The number of anilines is 1. The van der Waals surface area contributed by atoms with Crippen LogP contribution < -0.4 is 5.32 Å². The maximum atomic E-state index is 5.94. The molecule has 7 heteroatoms. The molecule has 29 heavy (non-hydrogen) atoms. The number of hydrogen-bond acceptors (Lipinski definition) is 7. The van der Waals surface area contributed by atoms with Crippen molar-refractivity contribution in [3.05, 3.63) is 36.5 Å². The lowest BCUT2D eigenvalue weighted by Gasteiger charge is -2.48. The van der Waals surface area contributed by atoms with E-state index in [2.05, 4.69) is 25.4 Å². The molecule has 5 rings (SSSR count). The molecule has 3 heterocycles. The summed E-state index contributed by atoms with van der Waals surface area (Å²) in [6.45, 7) is 4.47. The number of hydrogen-bond donors (Lipinski definition) is 1. The van der Waals surface area contributed by atoms with Crippen LogP contribution in [0.5, 0.6) is 0 Å². The molecule has 2 aromatic heterocycles. The molecule has 1 aromatic carbocycles. The Bertz CT molecular complexity index is 928. The summed E-state index contributed by atoms with van der Waals surface area (Å²) in [6.07, 6.45) is 7.94. The van der Waals surface area contributed by atoms with Gasteiger partial charge in [0.25, 0.3) is 0 Å². The minimum atomic E-state index is 0.154. The van der Waals surface area contributed by atoms with E-state index in [1.165, 1.54) is 32.1 Å². The predicted octanol–water partition coefficient (Wildman–Crippen LogP) is 3.73. The lowest BCUT2D eigenvalue weighted by Crippen LogP contribution is -2.58. The first-order chi connectivity index (χ1) is 14.3. The molecule has 1 N–H and O–H groups in total. The molecule has 1 aliphatic heterocycles. The van der Waals surface area contributed by atoms with Crippen LogP contribution in [0.3, 0.4) is 0 Å². The van der Waals surface area contributed by atoms with Crippen LogP contribution in [0, 0.1) is 0 Å². The van der Waals surface area contributed by atoms with Gasteiger partial charge in [-0.15, -0.1) is 5.10 Å². The van der Waals surface area contributed by atoms with Gasteiger partial charge in [-0.1, -0.05) is 37.5 Å². The fourth-order valence-corrected chi connectivity index (χ4v) is 4.70. The number of para-hydroxylation sites is 1. The molecule has 1 saturated carbocycles. The van der Waals surface area contributed by atoms with Crippen molar-refractivity contribution in [2.75, 3.05) is 38.2 Å². The van der Waals surface area contributed by atoms with Crippen LogP contribution in [0.1, 0.15) is 32.1 Å². The smallest absolute Gasteiger partial charge is 0.243 e. The molecule has 3 aromatic rings. The van der Waals surface area contributed by atoms with Gasteiger partial charge in [-0.3, -0.25) is 4.90 Å². The van der Waals surface area contributed by atoms with Crippen molar-refractivity contribution in [3.63, 3.8) is 0 Å². The summed E-state index contributed by atoms with van der Waals surface area (Å²) in [4.78, 5) is 7.29. The van der Waals surface area contributed by atoms with Crippen molar-refractivity contribution in [2.45, 2.75) is 37.6 Å². The Hall–Kier alpha value is -2.51. The number of morpholine rings is 1. The highest BCUT2D eigenvalue weighted by atomic mass is 16.5.